The molecule has 0 radical (unpaired) electrons. The first kappa shape index (κ1) is 18.6. The number of ether oxygens (including phenoxy) is 1. The van der Waals surface area contributed by atoms with Crippen LogP contribution in [-0.4, -0.2) is 43.7 Å². The van der Waals surface area contributed by atoms with Crippen molar-refractivity contribution in [2.45, 2.75) is 18.5 Å². The third-order valence-corrected chi connectivity index (χ3v) is 4.80. The molecule has 1 amide bonds. The van der Waals surface area contributed by atoms with Crippen LogP contribution in [0, 0.1) is 0 Å². The number of hydrogen-bond donors (Lipinski definition) is 2. The van der Waals surface area contributed by atoms with Crippen LogP contribution in [0.1, 0.15) is 29.6 Å². The molecular weight excluding hydrogens is 326 g/mol. The number of nitrogens with one attached hydrogen (secondary N) is 1. The number of carbonyl (C=O) groups excluding carboxylic acids is 1. The topological polar surface area (TPSA) is 67.6 Å². The van der Waals surface area contributed by atoms with Crippen molar-refractivity contribution in [1.82, 2.24) is 10.2 Å². The minimum Gasteiger partial charge on any atom is -0.379 e. The molecule has 2 unspecified atom stereocenters. The molecule has 26 heavy (non-hydrogen) atoms. The molecule has 3 N–H and O–H groups in total. The van der Waals surface area contributed by atoms with E-state index in [2.05, 4.69) is 22.3 Å². The molecule has 0 saturated carbocycles. The molecule has 1 aliphatic heterocycles. The van der Waals surface area contributed by atoms with Crippen molar-refractivity contribution in [3.63, 3.8) is 0 Å². The second-order valence-electron chi connectivity index (χ2n) is 6.60. The molecule has 0 aliphatic carbocycles. The first-order chi connectivity index (χ1) is 12.7. The lowest BCUT2D eigenvalue weighted by Crippen LogP contribution is -2.44. The van der Waals surface area contributed by atoms with E-state index in [0.717, 1.165) is 31.9 Å². The van der Waals surface area contributed by atoms with Crippen LogP contribution in [-0.2, 0) is 9.53 Å². The van der Waals surface area contributed by atoms with E-state index in [4.69, 9.17) is 10.5 Å². The average Bonchev–Trinajstić information content (AvgIpc) is 2.70. The van der Waals surface area contributed by atoms with Gasteiger partial charge in [0, 0.05) is 32.1 Å². The van der Waals surface area contributed by atoms with E-state index in [1.807, 2.05) is 48.5 Å². The maximum Gasteiger partial charge on any atom is 0.221 e. The molecule has 1 saturated heterocycles. The molecule has 138 valence electrons. The van der Waals surface area contributed by atoms with E-state index in [1.54, 1.807) is 0 Å². The maximum absolute atomic E-state index is 12.4. The lowest BCUT2D eigenvalue weighted by Gasteiger charge is -2.35. The fourth-order valence-corrected chi connectivity index (χ4v) is 3.32. The number of amides is 1. The van der Waals surface area contributed by atoms with E-state index in [1.165, 1.54) is 5.56 Å². The Labute approximate surface area is 155 Å². The highest BCUT2D eigenvalue weighted by atomic mass is 16.5. The van der Waals surface area contributed by atoms with E-state index < -0.39 is 0 Å². The van der Waals surface area contributed by atoms with E-state index in [0.29, 0.717) is 6.54 Å². The molecule has 1 heterocycles. The lowest BCUT2D eigenvalue weighted by atomic mass is 10.0. The van der Waals surface area contributed by atoms with Crippen molar-refractivity contribution in [3.05, 3.63) is 71.8 Å². The number of nitrogens with zero attached hydrogens (tertiary/aromatic N) is 1. The third kappa shape index (κ3) is 5.14. The van der Waals surface area contributed by atoms with Crippen LogP contribution < -0.4 is 11.1 Å². The Hall–Kier alpha value is -2.21. The van der Waals surface area contributed by atoms with Gasteiger partial charge in [0.2, 0.25) is 5.91 Å². The summed E-state index contributed by atoms with van der Waals surface area (Å²) in [6, 6.07) is 19.9. The van der Waals surface area contributed by atoms with Crippen LogP contribution >= 0.6 is 0 Å². The molecule has 1 fully saturated rings. The van der Waals surface area contributed by atoms with Crippen molar-refractivity contribution in [3.8, 4) is 0 Å². The molecule has 5 nitrogen and oxygen atoms in total. The van der Waals surface area contributed by atoms with Crippen LogP contribution in [0.3, 0.4) is 0 Å². The van der Waals surface area contributed by atoms with Gasteiger partial charge in [0.25, 0.3) is 0 Å². The Morgan fingerprint density at radius 2 is 1.58 bits per heavy atom. The Bertz CT molecular complexity index is 672. The highest BCUT2D eigenvalue weighted by molar-refractivity contribution is 5.76. The largest absolute Gasteiger partial charge is 0.379 e. The zero-order chi connectivity index (χ0) is 18.2. The van der Waals surface area contributed by atoms with E-state index in [9.17, 15) is 4.79 Å². The summed E-state index contributed by atoms with van der Waals surface area (Å²) >= 11 is 0. The number of benzene rings is 2. The molecule has 0 bridgehead atoms. The van der Waals surface area contributed by atoms with E-state index in [-0.39, 0.29) is 24.4 Å². The number of rotatable bonds is 7. The highest BCUT2D eigenvalue weighted by Gasteiger charge is 2.23. The SMILES string of the molecule is NC(CC(=O)NCC(c1ccccc1)N1CCOCC1)c1ccccc1. The summed E-state index contributed by atoms with van der Waals surface area (Å²) < 4.78 is 5.47. The molecule has 5 heteroatoms. The van der Waals surface area contributed by atoms with E-state index >= 15 is 0 Å². The highest BCUT2D eigenvalue weighted by Crippen LogP contribution is 2.21. The summed E-state index contributed by atoms with van der Waals surface area (Å²) in [6.45, 7) is 3.79. The zero-order valence-corrected chi connectivity index (χ0v) is 15.0. The number of hydrogen-bond acceptors (Lipinski definition) is 4. The normalized spacial score (nSPS) is 17.4. The Morgan fingerprint density at radius 3 is 2.19 bits per heavy atom. The van der Waals surface area contributed by atoms with Gasteiger partial charge in [0.1, 0.15) is 0 Å². The standard InChI is InChI=1S/C21H27N3O2/c22-19(17-7-3-1-4-8-17)15-21(25)23-16-20(18-9-5-2-6-10-18)24-11-13-26-14-12-24/h1-10,19-20H,11-16,22H2,(H,23,25). The minimum absolute atomic E-state index is 0.0180. The van der Waals surface area contributed by atoms with Gasteiger partial charge in [-0.15, -0.1) is 0 Å². The summed E-state index contributed by atoms with van der Waals surface area (Å²) in [5, 5.41) is 3.08. The van der Waals surface area contributed by atoms with Gasteiger partial charge in [-0.2, -0.15) is 0 Å². The smallest absolute Gasteiger partial charge is 0.221 e. The summed E-state index contributed by atoms with van der Waals surface area (Å²) in [6.07, 6.45) is 0.286. The van der Waals surface area contributed by atoms with Crippen LogP contribution in [0.5, 0.6) is 0 Å². The summed E-state index contributed by atoms with van der Waals surface area (Å²) in [5.41, 5.74) is 8.36. The lowest BCUT2D eigenvalue weighted by molar-refractivity contribution is -0.121. The van der Waals surface area contributed by atoms with Gasteiger partial charge in [0.15, 0.2) is 0 Å². The average molecular weight is 353 g/mol. The van der Waals surface area contributed by atoms with Crippen LogP contribution in [0.4, 0.5) is 0 Å². The summed E-state index contributed by atoms with van der Waals surface area (Å²) in [7, 11) is 0. The van der Waals surface area contributed by atoms with Crippen LogP contribution in [0.15, 0.2) is 60.7 Å². The summed E-state index contributed by atoms with van der Waals surface area (Å²) in [4.78, 5) is 14.8. The Morgan fingerprint density at radius 1 is 1.00 bits per heavy atom. The van der Waals surface area contributed by atoms with Gasteiger partial charge in [-0.1, -0.05) is 60.7 Å². The van der Waals surface area contributed by atoms with Crippen molar-refractivity contribution in [2.24, 2.45) is 5.73 Å². The van der Waals surface area contributed by atoms with Crippen molar-refractivity contribution in [2.75, 3.05) is 32.8 Å². The quantitative estimate of drug-likeness (QED) is 0.801. The minimum atomic E-state index is -0.283. The van der Waals surface area contributed by atoms with Crippen LogP contribution in [0.2, 0.25) is 0 Å². The summed E-state index contributed by atoms with van der Waals surface area (Å²) in [5.74, 6) is -0.0180. The first-order valence-corrected chi connectivity index (χ1v) is 9.18. The molecular formula is C21H27N3O2. The maximum atomic E-state index is 12.4. The van der Waals surface area contributed by atoms with Crippen molar-refractivity contribution < 1.29 is 9.53 Å². The first-order valence-electron chi connectivity index (χ1n) is 9.18. The molecule has 0 aromatic heterocycles. The monoisotopic (exact) mass is 353 g/mol. The molecule has 2 atom stereocenters. The van der Waals surface area contributed by atoms with Gasteiger partial charge < -0.3 is 15.8 Å². The van der Waals surface area contributed by atoms with Gasteiger partial charge in [0.05, 0.1) is 19.3 Å². The second kappa shape index (κ2) is 9.48. The number of nitrogens with two attached hydrogens (primary N) is 1. The van der Waals surface area contributed by atoms with Crippen molar-refractivity contribution in [1.29, 1.82) is 0 Å². The predicted molar refractivity (Wildman–Crippen MR) is 103 cm³/mol. The Kier molecular flexibility index (Phi) is 6.77. The zero-order valence-electron chi connectivity index (χ0n) is 15.0. The second-order valence-corrected chi connectivity index (χ2v) is 6.60. The fourth-order valence-electron chi connectivity index (χ4n) is 3.32. The number of morpholine rings is 1. The fraction of sp³-hybridized carbons (Fsp3) is 0.381. The molecule has 3 rings (SSSR count). The molecule has 1 aliphatic rings. The number of carbonyl (C=O) groups is 1. The van der Waals surface area contributed by atoms with Crippen LogP contribution in [0.25, 0.3) is 0 Å². The van der Waals surface area contributed by atoms with Gasteiger partial charge in [-0.25, -0.2) is 0 Å². The third-order valence-electron chi connectivity index (χ3n) is 4.80. The molecule has 2 aromatic carbocycles. The van der Waals surface area contributed by atoms with Gasteiger partial charge >= 0.3 is 0 Å². The Balaban J connectivity index is 1.59. The van der Waals surface area contributed by atoms with Gasteiger partial charge in [-0.3, -0.25) is 9.69 Å². The van der Waals surface area contributed by atoms with Crippen molar-refractivity contribution >= 4 is 5.91 Å². The van der Waals surface area contributed by atoms with Gasteiger partial charge in [-0.05, 0) is 11.1 Å². The molecule has 0 spiro atoms. The predicted octanol–water partition coefficient (Wildman–Crippen LogP) is 2.27. The molecule has 2 aromatic rings.